The number of aliphatic hydroxyl groups is 1. The van der Waals surface area contributed by atoms with Crippen molar-refractivity contribution < 1.29 is 5.11 Å². The van der Waals surface area contributed by atoms with Crippen molar-refractivity contribution in [3.8, 4) is 0 Å². The van der Waals surface area contributed by atoms with Gasteiger partial charge in [0.2, 0.25) is 0 Å². The zero-order valence-electron chi connectivity index (χ0n) is 6.70. The summed E-state index contributed by atoms with van der Waals surface area (Å²) in [5, 5.41) is 9.11. The molecule has 1 aromatic carbocycles. The van der Waals surface area contributed by atoms with Crippen molar-refractivity contribution in [2.75, 3.05) is 6.61 Å². The Kier molecular flexibility index (Phi) is 3.85. The largest absolute Gasteiger partial charge is 0.391 e. The summed E-state index contributed by atoms with van der Waals surface area (Å²) in [5.41, 5.74) is 1.20. The second kappa shape index (κ2) is 4.96. The standard InChI is InChI=1S/C10H11ClO/c11-10(8-12)7-6-9-4-2-1-3-5-9/h1-5,7,12H,6,8H2. The summed E-state index contributed by atoms with van der Waals surface area (Å²) in [6, 6.07) is 9.99. The number of benzene rings is 1. The van der Waals surface area contributed by atoms with Crippen molar-refractivity contribution in [1.82, 2.24) is 0 Å². The van der Waals surface area contributed by atoms with Crippen LogP contribution in [0.4, 0.5) is 0 Å². The van der Waals surface area contributed by atoms with Crippen LogP contribution in [0.5, 0.6) is 0 Å². The summed E-state index contributed by atoms with van der Waals surface area (Å²) in [5.74, 6) is 0. The Hall–Kier alpha value is -0.790. The van der Waals surface area contributed by atoms with Gasteiger partial charge in [-0.05, 0) is 12.0 Å². The first kappa shape index (κ1) is 9.30. The monoisotopic (exact) mass is 182 g/mol. The first-order valence-corrected chi connectivity index (χ1v) is 4.20. The number of aliphatic hydroxyl groups excluding tert-OH is 1. The molecule has 0 saturated heterocycles. The van der Waals surface area contributed by atoms with E-state index in [4.69, 9.17) is 16.7 Å². The molecule has 0 fully saturated rings. The smallest absolute Gasteiger partial charge is 0.0784 e. The number of rotatable bonds is 3. The van der Waals surface area contributed by atoms with Crippen molar-refractivity contribution >= 4 is 11.6 Å². The van der Waals surface area contributed by atoms with Gasteiger partial charge in [-0.3, -0.25) is 0 Å². The molecule has 2 heteroatoms. The molecule has 0 unspecified atom stereocenters. The summed E-state index contributed by atoms with van der Waals surface area (Å²) in [4.78, 5) is 0. The summed E-state index contributed by atoms with van der Waals surface area (Å²) < 4.78 is 0. The van der Waals surface area contributed by atoms with Gasteiger partial charge in [-0.25, -0.2) is 0 Å². The van der Waals surface area contributed by atoms with Crippen LogP contribution in [-0.4, -0.2) is 11.7 Å². The Bertz CT molecular complexity index is 254. The second-order valence-corrected chi connectivity index (χ2v) is 2.98. The van der Waals surface area contributed by atoms with Crippen LogP contribution in [0.2, 0.25) is 0 Å². The van der Waals surface area contributed by atoms with Gasteiger partial charge in [0.25, 0.3) is 0 Å². The minimum atomic E-state index is -0.0750. The Morgan fingerprint density at radius 1 is 1.33 bits per heavy atom. The first-order chi connectivity index (χ1) is 5.83. The molecule has 12 heavy (non-hydrogen) atoms. The van der Waals surface area contributed by atoms with Gasteiger partial charge in [-0.15, -0.1) is 0 Å². The molecule has 1 aromatic rings. The predicted molar refractivity (Wildman–Crippen MR) is 51.2 cm³/mol. The second-order valence-electron chi connectivity index (χ2n) is 2.50. The van der Waals surface area contributed by atoms with E-state index in [1.807, 2.05) is 36.4 Å². The molecule has 1 N–H and O–H groups in total. The molecule has 1 nitrogen and oxygen atoms in total. The molecule has 1 rings (SSSR count). The van der Waals surface area contributed by atoms with Crippen molar-refractivity contribution in [2.45, 2.75) is 6.42 Å². The van der Waals surface area contributed by atoms with E-state index in [-0.39, 0.29) is 6.61 Å². The zero-order valence-corrected chi connectivity index (χ0v) is 7.46. The maximum atomic E-state index is 8.61. The van der Waals surface area contributed by atoms with Gasteiger partial charge < -0.3 is 5.11 Å². The van der Waals surface area contributed by atoms with E-state index in [9.17, 15) is 0 Å². The lowest BCUT2D eigenvalue weighted by Crippen LogP contribution is -1.84. The van der Waals surface area contributed by atoms with Gasteiger partial charge in [0, 0.05) is 5.03 Å². The van der Waals surface area contributed by atoms with Gasteiger partial charge in [0.15, 0.2) is 0 Å². The SMILES string of the molecule is OCC(Cl)=CCc1ccccc1. The lowest BCUT2D eigenvalue weighted by Gasteiger charge is -1.95. The van der Waals surface area contributed by atoms with Crippen molar-refractivity contribution in [3.05, 3.63) is 47.0 Å². The Morgan fingerprint density at radius 3 is 2.58 bits per heavy atom. The number of halogens is 1. The van der Waals surface area contributed by atoms with Crippen LogP contribution in [0.3, 0.4) is 0 Å². The minimum absolute atomic E-state index is 0.0750. The van der Waals surface area contributed by atoms with E-state index in [0.717, 1.165) is 6.42 Å². The quantitative estimate of drug-likeness (QED) is 0.761. The molecule has 0 heterocycles. The third-order valence-electron chi connectivity index (χ3n) is 1.55. The molecule has 0 saturated carbocycles. The highest BCUT2D eigenvalue weighted by Crippen LogP contribution is 2.05. The molecule has 0 aliphatic carbocycles. The molecule has 0 spiro atoms. The summed E-state index contributed by atoms with van der Waals surface area (Å²) in [6.07, 6.45) is 2.59. The molecule has 0 bridgehead atoms. The van der Waals surface area contributed by atoms with E-state index >= 15 is 0 Å². The molecule has 0 aromatic heterocycles. The Labute approximate surface area is 77.3 Å². The fraction of sp³-hybridized carbons (Fsp3) is 0.200. The molecular weight excluding hydrogens is 172 g/mol. The van der Waals surface area contributed by atoms with Crippen LogP contribution in [-0.2, 0) is 6.42 Å². The summed E-state index contributed by atoms with van der Waals surface area (Å²) in [6.45, 7) is -0.0750. The summed E-state index contributed by atoms with van der Waals surface area (Å²) in [7, 11) is 0. The van der Waals surface area contributed by atoms with Crippen LogP contribution in [0.15, 0.2) is 41.4 Å². The van der Waals surface area contributed by atoms with Crippen LogP contribution in [0, 0.1) is 0 Å². The molecule has 0 amide bonds. The van der Waals surface area contributed by atoms with E-state index in [0.29, 0.717) is 5.03 Å². The van der Waals surface area contributed by atoms with Gasteiger partial charge in [-0.1, -0.05) is 48.0 Å². The highest BCUT2D eigenvalue weighted by atomic mass is 35.5. The number of hydrogen-bond acceptors (Lipinski definition) is 1. The average Bonchev–Trinajstić information content (AvgIpc) is 2.16. The fourth-order valence-corrected chi connectivity index (χ4v) is 0.984. The van der Waals surface area contributed by atoms with Crippen LogP contribution in [0.25, 0.3) is 0 Å². The molecule has 64 valence electrons. The van der Waals surface area contributed by atoms with Crippen LogP contribution >= 0.6 is 11.6 Å². The molecule has 0 atom stereocenters. The van der Waals surface area contributed by atoms with Crippen molar-refractivity contribution in [1.29, 1.82) is 0 Å². The average molecular weight is 183 g/mol. The normalized spacial score (nSPS) is 11.7. The fourth-order valence-electron chi connectivity index (χ4n) is 0.907. The highest BCUT2D eigenvalue weighted by Gasteiger charge is 1.89. The maximum Gasteiger partial charge on any atom is 0.0784 e. The topological polar surface area (TPSA) is 20.2 Å². The summed E-state index contributed by atoms with van der Waals surface area (Å²) >= 11 is 5.63. The van der Waals surface area contributed by atoms with E-state index < -0.39 is 0 Å². The van der Waals surface area contributed by atoms with Gasteiger partial charge in [0.1, 0.15) is 0 Å². The molecule has 0 aliphatic heterocycles. The van der Waals surface area contributed by atoms with Gasteiger partial charge >= 0.3 is 0 Å². The van der Waals surface area contributed by atoms with Crippen molar-refractivity contribution in [2.24, 2.45) is 0 Å². The first-order valence-electron chi connectivity index (χ1n) is 3.82. The van der Waals surface area contributed by atoms with E-state index in [2.05, 4.69) is 0 Å². The van der Waals surface area contributed by atoms with Crippen LogP contribution < -0.4 is 0 Å². The van der Waals surface area contributed by atoms with Gasteiger partial charge in [-0.2, -0.15) is 0 Å². The number of hydrogen-bond donors (Lipinski definition) is 1. The number of allylic oxidation sites excluding steroid dienone is 1. The van der Waals surface area contributed by atoms with Crippen LogP contribution in [0.1, 0.15) is 5.56 Å². The zero-order chi connectivity index (χ0) is 8.81. The van der Waals surface area contributed by atoms with Crippen molar-refractivity contribution in [3.63, 3.8) is 0 Å². The van der Waals surface area contributed by atoms with Gasteiger partial charge in [0.05, 0.1) is 6.61 Å². The highest BCUT2D eigenvalue weighted by molar-refractivity contribution is 6.29. The molecule has 0 aliphatic rings. The lowest BCUT2D eigenvalue weighted by atomic mass is 10.1. The lowest BCUT2D eigenvalue weighted by molar-refractivity contribution is 0.338. The third kappa shape index (κ3) is 3.07. The minimum Gasteiger partial charge on any atom is -0.391 e. The van der Waals surface area contributed by atoms with E-state index in [1.54, 1.807) is 0 Å². The predicted octanol–water partition coefficient (Wildman–Crippen LogP) is 2.34. The molecular formula is C10H11ClO. The maximum absolute atomic E-state index is 8.61. The molecule has 0 radical (unpaired) electrons. The Balaban J connectivity index is 2.54. The third-order valence-corrected chi connectivity index (χ3v) is 1.83. The van der Waals surface area contributed by atoms with E-state index in [1.165, 1.54) is 5.56 Å². The Morgan fingerprint density at radius 2 is 2.00 bits per heavy atom.